The van der Waals surface area contributed by atoms with Crippen molar-refractivity contribution in [2.24, 2.45) is 0 Å². The molecule has 0 amide bonds. The fourth-order valence-corrected chi connectivity index (χ4v) is 2.89. The molecule has 1 aliphatic rings. The Bertz CT molecular complexity index is 571. The maximum Gasteiger partial charge on any atom is 0.148 e. The van der Waals surface area contributed by atoms with Crippen molar-refractivity contribution in [3.8, 4) is 0 Å². The molecular weight excluding hydrogens is 298 g/mol. The molecule has 1 atom stereocenters. The van der Waals surface area contributed by atoms with E-state index in [-0.39, 0.29) is 12.4 Å². The molecule has 0 aromatic carbocycles. The second kappa shape index (κ2) is 7.68. The van der Waals surface area contributed by atoms with E-state index in [0.29, 0.717) is 12.1 Å². The van der Waals surface area contributed by atoms with Crippen LogP contribution in [0.1, 0.15) is 63.6 Å². The Balaban J connectivity index is 0.00000176. The molecule has 0 saturated heterocycles. The molecule has 6 heteroatoms. The molecule has 3 rings (SSSR count). The summed E-state index contributed by atoms with van der Waals surface area (Å²) >= 11 is 0. The maximum atomic E-state index is 4.56. The Labute approximate surface area is 138 Å². The molecule has 2 aromatic rings. The standard InChI is InChI=1S/C16H25N5.ClH/c1-3-13(2)20-9-8-16(19-20)17-10-14-11-18-21(12-14)15-6-4-5-7-15;/h8-9,11-13,15H,3-7,10H2,1-2H3,(H,17,19);1H. The highest BCUT2D eigenvalue weighted by Gasteiger charge is 2.17. The molecule has 22 heavy (non-hydrogen) atoms. The number of anilines is 1. The second-order valence-corrected chi connectivity index (χ2v) is 6.06. The molecule has 122 valence electrons. The Kier molecular flexibility index (Phi) is 5.89. The van der Waals surface area contributed by atoms with E-state index in [4.69, 9.17) is 0 Å². The molecular formula is C16H26ClN5. The van der Waals surface area contributed by atoms with Crippen LogP contribution in [-0.2, 0) is 6.54 Å². The van der Waals surface area contributed by atoms with Crippen molar-refractivity contribution < 1.29 is 0 Å². The van der Waals surface area contributed by atoms with Crippen LogP contribution in [0.25, 0.3) is 0 Å². The first-order chi connectivity index (χ1) is 10.3. The Morgan fingerprint density at radius 2 is 2.14 bits per heavy atom. The predicted molar refractivity (Wildman–Crippen MR) is 91.5 cm³/mol. The van der Waals surface area contributed by atoms with Crippen molar-refractivity contribution in [1.29, 1.82) is 0 Å². The summed E-state index contributed by atoms with van der Waals surface area (Å²) in [6, 6.07) is 3.10. The highest BCUT2D eigenvalue weighted by atomic mass is 35.5. The van der Waals surface area contributed by atoms with Crippen LogP contribution in [0.15, 0.2) is 24.7 Å². The van der Waals surface area contributed by atoms with Gasteiger partial charge < -0.3 is 5.32 Å². The van der Waals surface area contributed by atoms with Gasteiger partial charge in [0.1, 0.15) is 5.82 Å². The quantitative estimate of drug-likeness (QED) is 0.866. The van der Waals surface area contributed by atoms with Gasteiger partial charge in [0.25, 0.3) is 0 Å². The van der Waals surface area contributed by atoms with Crippen molar-refractivity contribution in [2.75, 3.05) is 5.32 Å². The van der Waals surface area contributed by atoms with Gasteiger partial charge in [-0.25, -0.2) is 0 Å². The summed E-state index contributed by atoms with van der Waals surface area (Å²) in [7, 11) is 0. The van der Waals surface area contributed by atoms with Gasteiger partial charge in [0.2, 0.25) is 0 Å². The molecule has 2 aromatic heterocycles. The Morgan fingerprint density at radius 3 is 2.86 bits per heavy atom. The van der Waals surface area contributed by atoms with Crippen LogP contribution in [0.3, 0.4) is 0 Å². The van der Waals surface area contributed by atoms with Crippen molar-refractivity contribution in [2.45, 2.75) is 64.6 Å². The lowest BCUT2D eigenvalue weighted by Gasteiger charge is -2.09. The number of rotatable bonds is 6. The Hall–Kier alpha value is -1.49. The molecule has 2 heterocycles. The molecule has 0 spiro atoms. The van der Waals surface area contributed by atoms with Crippen LogP contribution in [0, 0.1) is 0 Å². The molecule has 0 radical (unpaired) electrons. The van der Waals surface area contributed by atoms with E-state index >= 15 is 0 Å². The zero-order valence-electron chi connectivity index (χ0n) is 13.4. The normalized spacial score (nSPS) is 16.5. The van der Waals surface area contributed by atoms with Gasteiger partial charge in [0, 0.05) is 36.6 Å². The van der Waals surface area contributed by atoms with Gasteiger partial charge in [0.05, 0.1) is 12.2 Å². The zero-order valence-corrected chi connectivity index (χ0v) is 14.2. The summed E-state index contributed by atoms with van der Waals surface area (Å²) in [5, 5.41) is 12.4. The van der Waals surface area contributed by atoms with E-state index in [1.54, 1.807) is 0 Å². The summed E-state index contributed by atoms with van der Waals surface area (Å²) in [4.78, 5) is 0. The first-order valence-corrected chi connectivity index (χ1v) is 8.08. The van der Waals surface area contributed by atoms with Crippen molar-refractivity contribution in [1.82, 2.24) is 19.6 Å². The van der Waals surface area contributed by atoms with E-state index < -0.39 is 0 Å². The highest BCUT2D eigenvalue weighted by molar-refractivity contribution is 5.85. The van der Waals surface area contributed by atoms with Crippen LogP contribution in [0.4, 0.5) is 5.82 Å². The van der Waals surface area contributed by atoms with E-state index in [0.717, 1.165) is 18.8 Å². The summed E-state index contributed by atoms with van der Waals surface area (Å²) in [6.45, 7) is 5.14. The van der Waals surface area contributed by atoms with E-state index in [1.807, 2.05) is 23.1 Å². The van der Waals surface area contributed by atoms with Gasteiger partial charge in [0.15, 0.2) is 0 Å². The minimum Gasteiger partial charge on any atom is -0.364 e. The van der Waals surface area contributed by atoms with E-state index in [1.165, 1.54) is 31.2 Å². The highest BCUT2D eigenvalue weighted by Crippen LogP contribution is 2.28. The fourth-order valence-electron chi connectivity index (χ4n) is 2.89. The average molecular weight is 324 g/mol. The molecule has 0 aliphatic heterocycles. The van der Waals surface area contributed by atoms with Crippen LogP contribution in [0.5, 0.6) is 0 Å². The summed E-state index contributed by atoms with van der Waals surface area (Å²) in [5.41, 5.74) is 1.22. The van der Waals surface area contributed by atoms with Gasteiger partial charge in [-0.2, -0.15) is 10.2 Å². The van der Waals surface area contributed by atoms with Crippen molar-refractivity contribution >= 4 is 18.2 Å². The first-order valence-electron chi connectivity index (χ1n) is 8.08. The largest absolute Gasteiger partial charge is 0.364 e. The minimum atomic E-state index is 0. The fraction of sp³-hybridized carbons (Fsp3) is 0.625. The molecule has 1 unspecified atom stereocenters. The number of hydrogen-bond donors (Lipinski definition) is 1. The topological polar surface area (TPSA) is 47.7 Å². The number of halogens is 1. The van der Waals surface area contributed by atoms with Gasteiger partial charge in [-0.3, -0.25) is 9.36 Å². The first kappa shape index (κ1) is 16.9. The van der Waals surface area contributed by atoms with E-state index in [9.17, 15) is 0 Å². The Morgan fingerprint density at radius 1 is 1.36 bits per heavy atom. The zero-order chi connectivity index (χ0) is 14.7. The second-order valence-electron chi connectivity index (χ2n) is 6.06. The smallest absolute Gasteiger partial charge is 0.148 e. The lowest BCUT2D eigenvalue weighted by Crippen LogP contribution is -2.06. The molecule has 1 saturated carbocycles. The number of nitrogens with one attached hydrogen (secondary N) is 1. The predicted octanol–water partition coefficient (Wildman–Crippen LogP) is 4.20. The molecule has 1 N–H and O–H groups in total. The third kappa shape index (κ3) is 3.83. The lowest BCUT2D eigenvalue weighted by molar-refractivity contribution is 0.466. The monoisotopic (exact) mass is 323 g/mol. The van der Waals surface area contributed by atoms with Crippen molar-refractivity contribution in [3.05, 3.63) is 30.2 Å². The summed E-state index contributed by atoms with van der Waals surface area (Å²) in [6.07, 6.45) is 12.5. The van der Waals surface area contributed by atoms with Gasteiger partial charge >= 0.3 is 0 Å². The van der Waals surface area contributed by atoms with Gasteiger partial charge in [-0.05, 0) is 26.2 Å². The van der Waals surface area contributed by atoms with Crippen molar-refractivity contribution in [3.63, 3.8) is 0 Å². The molecule has 0 bridgehead atoms. The minimum absolute atomic E-state index is 0. The third-order valence-electron chi connectivity index (χ3n) is 4.48. The summed E-state index contributed by atoms with van der Waals surface area (Å²) < 4.78 is 4.16. The lowest BCUT2D eigenvalue weighted by atomic mass is 10.2. The van der Waals surface area contributed by atoms with Crippen LogP contribution >= 0.6 is 12.4 Å². The van der Waals surface area contributed by atoms with Crippen LogP contribution < -0.4 is 5.32 Å². The maximum absolute atomic E-state index is 4.56. The van der Waals surface area contributed by atoms with Crippen LogP contribution in [-0.4, -0.2) is 19.6 Å². The number of nitrogens with zero attached hydrogens (tertiary/aromatic N) is 4. The average Bonchev–Trinajstić information content (AvgIpc) is 3.23. The van der Waals surface area contributed by atoms with E-state index in [2.05, 4.69) is 40.2 Å². The summed E-state index contributed by atoms with van der Waals surface area (Å²) in [5.74, 6) is 0.934. The van der Waals surface area contributed by atoms with Crippen LogP contribution in [0.2, 0.25) is 0 Å². The third-order valence-corrected chi connectivity index (χ3v) is 4.48. The molecule has 5 nitrogen and oxygen atoms in total. The number of aromatic nitrogens is 4. The molecule has 1 aliphatic carbocycles. The SMILES string of the molecule is CCC(C)n1ccc(NCc2cnn(C3CCCC3)c2)n1.Cl. The number of hydrogen-bond acceptors (Lipinski definition) is 3. The van der Waals surface area contributed by atoms with Gasteiger partial charge in [-0.15, -0.1) is 12.4 Å². The van der Waals surface area contributed by atoms with Gasteiger partial charge in [-0.1, -0.05) is 19.8 Å². The molecule has 1 fully saturated rings.